The van der Waals surface area contributed by atoms with E-state index in [-0.39, 0.29) is 18.5 Å². The third-order valence-corrected chi connectivity index (χ3v) is 4.72. The number of nitrogens with zero attached hydrogens (tertiary/aromatic N) is 1. The second-order valence-corrected chi connectivity index (χ2v) is 6.87. The van der Waals surface area contributed by atoms with Crippen molar-refractivity contribution in [2.24, 2.45) is 5.92 Å². The van der Waals surface area contributed by atoms with Gasteiger partial charge in [0.1, 0.15) is 0 Å². The molecule has 0 saturated carbocycles. The van der Waals surface area contributed by atoms with Crippen LogP contribution in [0.25, 0.3) is 0 Å². The molecule has 146 valence electrons. The minimum Gasteiger partial charge on any atom is -0.481 e. The number of urea groups is 1. The van der Waals surface area contributed by atoms with Crippen LogP contribution in [0.15, 0.2) is 48.5 Å². The lowest BCUT2D eigenvalue weighted by Gasteiger charge is -2.16. The molecule has 3 N–H and O–H groups in total. The molecule has 1 saturated heterocycles. The van der Waals surface area contributed by atoms with Gasteiger partial charge in [0.15, 0.2) is 0 Å². The molecule has 1 heterocycles. The molecule has 1 fully saturated rings. The Morgan fingerprint density at radius 2 is 1.96 bits per heavy atom. The molecule has 0 aliphatic carbocycles. The van der Waals surface area contributed by atoms with Crippen LogP contribution < -0.4 is 15.5 Å². The van der Waals surface area contributed by atoms with Crippen molar-refractivity contribution in [3.8, 4) is 0 Å². The first-order chi connectivity index (χ1) is 13.4. The molecule has 7 heteroatoms. The molecule has 1 aliphatic heterocycles. The highest BCUT2D eigenvalue weighted by atomic mass is 16.4. The smallest absolute Gasteiger partial charge is 0.321 e. The molecule has 7 nitrogen and oxygen atoms in total. The molecule has 0 radical (unpaired) electrons. The fraction of sp³-hybridized carbons (Fsp3) is 0.286. The highest BCUT2D eigenvalue weighted by Crippen LogP contribution is 2.17. The maximum absolute atomic E-state index is 12.4. The predicted molar refractivity (Wildman–Crippen MR) is 106 cm³/mol. The average molecular weight is 381 g/mol. The minimum atomic E-state index is -0.947. The predicted octanol–water partition coefficient (Wildman–Crippen LogP) is 2.20. The first-order valence-electron chi connectivity index (χ1n) is 9.16. The Labute approximate surface area is 163 Å². The second-order valence-electron chi connectivity index (χ2n) is 6.87. The number of hydrogen-bond acceptors (Lipinski definition) is 3. The van der Waals surface area contributed by atoms with Crippen molar-refractivity contribution in [1.29, 1.82) is 0 Å². The molecule has 2 aromatic carbocycles. The fourth-order valence-electron chi connectivity index (χ4n) is 3.20. The number of carbonyl (C=O) groups is 3. The largest absolute Gasteiger partial charge is 0.481 e. The summed E-state index contributed by atoms with van der Waals surface area (Å²) >= 11 is 0. The lowest BCUT2D eigenvalue weighted by molar-refractivity contribution is -0.141. The zero-order valence-electron chi connectivity index (χ0n) is 15.6. The molecular formula is C21H23N3O4. The topological polar surface area (TPSA) is 98.7 Å². The molecule has 2 aromatic rings. The van der Waals surface area contributed by atoms with Gasteiger partial charge in [-0.2, -0.15) is 0 Å². The first-order valence-corrected chi connectivity index (χ1v) is 9.16. The number of amides is 3. The summed E-state index contributed by atoms with van der Waals surface area (Å²) in [5.41, 5.74) is 3.13. The van der Waals surface area contributed by atoms with Crippen LogP contribution in [0, 0.1) is 12.8 Å². The van der Waals surface area contributed by atoms with Crippen LogP contribution in [0.5, 0.6) is 0 Å². The highest BCUT2D eigenvalue weighted by Gasteiger charge is 2.22. The van der Waals surface area contributed by atoms with E-state index in [2.05, 4.69) is 10.6 Å². The van der Waals surface area contributed by atoms with E-state index >= 15 is 0 Å². The van der Waals surface area contributed by atoms with Gasteiger partial charge in [0, 0.05) is 30.9 Å². The average Bonchev–Trinajstić information content (AvgIpc) is 3.10. The Hall–Kier alpha value is -3.35. The lowest BCUT2D eigenvalue weighted by Crippen LogP contribution is -2.34. The number of anilines is 1. The Morgan fingerprint density at radius 3 is 2.57 bits per heavy atom. The SMILES string of the molecule is Cc1cccc(C[C@@H](CNC(=O)c2ccc(N3CCNC3=O)cc2)C(=O)O)c1. The van der Waals surface area contributed by atoms with Crippen LogP contribution in [0.4, 0.5) is 10.5 Å². The van der Waals surface area contributed by atoms with Gasteiger partial charge in [0.2, 0.25) is 0 Å². The van der Waals surface area contributed by atoms with Gasteiger partial charge in [0.05, 0.1) is 5.92 Å². The second kappa shape index (κ2) is 8.56. The quantitative estimate of drug-likeness (QED) is 0.685. The molecule has 3 amide bonds. The number of aryl methyl sites for hydroxylation is 1. The Bertz CT molecular complexity index is 879. The van der Waals surface area contributed by atoms with Crippen molar-refractivity contribution in [3.05, 3.63) is 65.2 Å². The van der Waals surface area contributed by atoms with Crippen molar-refractivity contribution < 1.29 is 19.5 Å². The summed E-state index contributed by atoms with van der Waals surface area (Å²) in [7, 11) is 0. The number of aliphatic carboxylic acids is 1. The molecule has 0 bridgehead atoms. The molecule has 1 aliphatic rings. The molecule has 0 aromatic heterocycles. The number of rotatable bonds is 7. The zero-order chi connectivity index (χ0) is 20.1. The Morgan fingerprint density at radius 1 is 1.21 bits per heavy atom. The van der Waals surface area contributed by atoms with Crippen LogP contribution in [0.3, 0.4) is 0 Å². The van der Waals surface area contributed by atoms with Crippen molar-refractivity contribution in [2.75, 3.05) is 24.5 Å². The summed E-state index contributed by atoms with van der Waals surface area (Å²) in [6.07, 6.45) is 0.348. The van der Waals surface area contributed by atoms with E-state index in [1.54, 1.807) is 29.2 Å². The summed E-state index contributed by atoms with van der Waals surface area (Å²) in [5, 5.41) is 14.9. The molecule has 28 heavy (non-hydrogen) atoms. The summed E-state index contributed by atoms with van der Waals surface area (Å²) < 4.78 is 0. The van der Waals surface area contributed by atoms with E-state index in [1.807, 2.05) is 31.2 Å². The number of hydrogen-bond donors (Lipinski definition) is 3. The summed E-state index contributed by atoms with van der Waals surface area (Å²) in [4.78, 5) is 37.2. The van der Waals surface area contributed by atoms with Gasteiger partial charge in [-0.1, -0.05) is 29.8 Å². The van der Waals surface area contributed by atoms with Gasteiger partial charge in [-0.05, 0) is 43.2 Å². The number of carbonyl (C=O) groups excluding carboxylic acids is 2. The monoisotopic (exact) mass is 381 g/mol. The van der Waals surface area contributed by atoms with Crippen LogP contribution in [0.2, 0.25) is 0 Å². The summed E-state index contributed by atoms with van der Waals surface area (Å²) in [5.74, 6) is -2.00. The van der Waals surface area contributed by atoms with Crippen LogP contribution in [-0.2, 0) is 11.2 Å². The van der Waals surface area contributed by atoms with Gasteiger partial charge in [-0.15, -0.1) is 0 Å². The standard InChI is InChI=1S/C21H23N3O4/c1-14-3-2-4-15(11-14)12-17(20(26)27)13-23-19(25)16-5-7-18(8-6-16)24-10-9-22-21(24)28/h2-8,11,17H,9-10,12-13H2,1H3,(H,22,28)(H,23,25)(H,26,27)/t17-/m0/s1. The van der Waals surface area contributed by atoms with E-state index in [1.165, 1.54) is 0 Å². The van der Waals surface area contributed by atoms with Crippen molar-refractivity contribution in [1.82, 2.24) is 10.6 Å². The number of carboxylic acid groups (broad SMARTS) is 1. The first kappa shape index (κ1) is 19.4. The Kier molecular flexibility index (Phi) is 5.93. The third-order valence-electron chi connectivity index (χ3n) is 4.72. The summed E-state index contributed by atoms with van der Waals surface area (Å²) in [6, 6.07) is 14.2. The van der Waals surface area contributed by atoms with Gasteiger partial charge in [0.25, 0.3) is 5.91 Å². The Balaban J connectivity index is 1.59. The van der Waals surface area contributed by atoms with E-state index < -0.39 is 11.9 Å². The number of carboxylic acids is 1. The fourth-order valence-corrected chi connectivity index (χ4v) is 3.20. The van der Waals surface area contributed by atoms with Gasteiger partial charge >= 0.3 is 12.0 Å². The zero-order valence-corrected chi connectivity index (χ0v) is 15.6. The van der Waals surface area contributed by atoms with Gasteiger partial charge in [-0.25, -0.2) is 4.79 Å². The molecule has 3 rings (SSSR count). The highest BCUT2D eigenvalue weighted by molar-refractivity contribution is 5.97. The van der Waals surface area contributed by atoms with Gasteiger partial charge < -0.3 is 15.7 Å². The molecular weight excluding hydrogens is 358 g/mol. The maximum atomic E-state index is 12.4. The van der Waals surface area contributed by atoms with E-state index in [9.17, 15) is 19.5 Å². The van der Waals surface area contributed by atoms with Crippen molar-refractivity contribution in [3.63, 3.8) is 0 Å². The number of benzene rings is 2. The van der Waals surface area contributed by atoms with Crippen molar-refractivity contribution >= 4 is 23.6 Å². The van der Waals surface area contributed by atoms with E-state index in [0.29, 0.717) is 25.1 Å². The number of nitrogens with one attached hydrogen (secondary N) is 2. The van der Waals surface area contributed by atoms with Gasteiger partial charge in [-0.3, -0.25) is 14.5 Å². The maximum Gasteiger partial charge on any atom is 0.321 e. The minimum absolute atomic E-state index is 0.0401. The molecule has 0 spiro atoms. The van der Waals surface area contributed by atoms with Crippen LogP contribution in [-0.4, -0.2) is 42.6 Å². The molecule has 0 unspecified atom stereocenters. The summed E-state index contributed by atoms with van der Waals surface area (Å²) in [6.45, 7) is 3.18. The lowest BCUT2D eigenvalue weighted by atomic mass is 9.98. The van der Waals surface area contributed by atoms with Crippen LogP contribution >= 0.6 is 0 Å². The third kappa shape index (κ3) is 4.68. The van der Waals surface area contributed by atoms with E-state index in [0.717, 1.165) is 16.8 Å². The van der Waals surface area contributed by atoms with E-state index in [4.69, 9.17) is 0 Å². The van der Waals surface area contributed by atoms with Crippen molar-refractivity contribution in [2.45, 2.75) is 13.3 Å². The normalized spacial score (nSPS) is 14.5. The van der Waals surface area contributed by atoms with Crippen LogP contribution in [0.1, 0.15) is 21.5 Å². The molecule has 1 atom stereocenters.